The van der Waals surface area contributed by atoms with E-state index in [1.165, 1.54) is 7.11 Å². The van der Waals surface area contributed by atoms with Crippen LogP contribution in [0.25, 0.3) is 10.9 Å². The van der Waals surface area contributed by atoms with Crippen molar-refractivity contribution in [1.29, 1.82) is 0 Å². The summed E-state index contributed by atoms with van der Waals surface area (Å²) in [7, 11) is 1.51. The zero-order valence-electron chi connectivity index (χ0n) is 11.4. The number of pyridine rings is 1. The van der Waals surface area contributed by atoms with E-state index in [1.807, 2.05) is 0 Å². The van der Waals surface area contributed by atoms with Gasteiger partial charge in [-0.2, -0.15) is 0 Å². The van der Waals surface area contributed by atoms with Crippen molar-refractivity contribution in [3.63, 3.8) is 0 Å². The number of aryl methyl sites for hydroxylation is 1. The summed E-state index contributed by atoms with van der Waals surface area (Å²) in [6.07, 6.45) is 1.85. The first-order chi connectivity index (χ1) is 10.2. The molecule has 2 aliphatic rings. The first kappa shape index (κ1) is 12.3. The predicted octanol–water partition coefficient (Wildman–Crippen LogP) is 1.78. The number of rotatable bonds is 1. The van der Waals surface area contributed by atoms with Crippen molar-refractivity contribution in [2.75, 3.05) is 13.9 Å². The Kier molecular flexibility index (Phi) is 2.48. The summed E-state index contributed by atoms with van der Waals surface area (Å²) in [5.74, 6) is 1.30. The number of aromatic nitrogens is 1. The Morgan fingerprint density at radius 2 is 2.10 bits per heavy atom. The first-order valence-electron chi connectivity index (χ1n) is 6.79. The highest BCUT2D eigenvalue weighted by molar-refractivity contribution is 6.02. The molecule has 1 aliphatic heterocycles. The predicted molar refractivity (Wildman–Crippen MR) is 74.5 cm³/mol. The molecule has 1 aromatic carbocycles. The fraction of sp³-hybridized carbons (Fsp3) is 0.333. The summed E-state index contributed by atoms with van der Waals surface area (Å²) in [4.78, 5) is 27.9. The van der Waals surface area contributed by atoms with Crippen molar-refractivity contribution in [1.82, 2.24) is 4.98 Å². The third kappa shape index (κ3) is 1.59. The number of carbonyl (C=O) groups excluding carboxylic acids is 1. The van der Waals surface area contributed by atoms with Gasteiger partial charge in [-0.15, -0.1) is 0 Å². The molecule has 2 aromatic rings. The first-order valence-corrected chi connectivity index (χ1v) is 6.79. The van der Waals surface area contributed by atoms with Gasteiger partial charge in [-0.1, -0.05) is 0 Å². The number of methoxy groups -OCH3 is 1. The van der Waals surface area contributed by atoms with Crippen LogP contribution in [0.1, 0.15) is 28.9 Å². The second kappa shape index (κ2) is 4.25. The summed E-state index contributed by atoms with van der Waals surface area (Å²) < 4.78 is 16.1. The molecule has 0 saturated heterocycles. The Balaban J connectivity index is 2.14. The SMILES string of the molecule is COc1c2c(cc3c(=O)c4c([nH]c13)CCCC4=O)OCO2. The smallest absolute Gasteiger partial charge is 0.231 e. The van der Waals surface area contributed by atoms with E-state index >= 15 is 0 Å². The van der Waals surface area contributed by atoms with Crippen LogP contribution >= 0.6 is 0 Å². The molecule has 6 heteroatoms. The number of hydrogen-bond donors (Lipinski definition) is 1. The lowest BCUT2D eigenvalue weighted by Gasteiger charge is -2.16. The van der Waals surface area contributed by atoms with Crippen LogP contribution in [0.3, 0.4) is 0 Å². The van der Waals surface area contributed by atoms with E-state index in [1.54, 1.807) is 6.07 Å². The van der Waals surface area contributed by atoms with Crippen LogP contribution < -0.4 is 19.6 Å². The van der Waals surface area contributed by atoms with Crippen molar-refractivity contribution < 1.29 is 19.0 Å². The van der Waals surface area contributed by atoms with Crippen molar-refractivity contribution in [3.05, 3.63) is 27.5 Å². The van der Waals surface area contributed by atoms with E-state index in [0.717, 1.165) is 6.42 Å². The number of ether oxygens (including phenoxy) is 3. The normalized spacial score (nSPS) is 16.1. The fourth-order valence-corrected chi connectivity index (χ4v) is 3.03. The molecule has 0 atom stereocenters. The summed E-state index contributed by atoms with van der Waals surface area (Å²) in [5, 5.41) is 0.394. The molecule has 0 unspecified atom stereocenters. The van der Waals surface area contributed by atoms with Crippen LogP contribution in [0, 0.1) is 0 Å². The molecule has 108 valence electrons. The third-order valence-corrected chi connectivity index (χ3v) is 3.98. The highest BCUT2D eigenvalue weighted by atomic mass is 16.7. The van der Waals surface area contributed by atoms with E-state index in [-0.39, 0.29) is 23.6 Å². The van der Waals surface area contributed by atoms with Crippen molar-refractivity contribution in [2.24, 2.45) is 0 Å². The third-order valence-electron chi connectivity index (χ3n) is 3.98. The lowest BCUT2D eigenvalue weighted by molar-refractivity contribution is 0.0970. The van der Waals surface area contributed by atoms with E-state index in [0.29, 0.717) is 46.7 Å². The monoisotopic (exact) mass is 287 g/mol. The number of aromatic amines is 1. The Labute approximate surface area is 119 Å². The van der Waals surface area contributed by atoms with E-state index in [9.17, 15) is 9.59 Å². The van der Waals surface area contributed by atoms with E-state index in [4.69, 9.17) is 14.2 Å². The Morgan fingerprint density at radius 3 is 2.90 bits per heavy atom. The standard InChI is InChI=1S/C15H13NO5/c1-19-15-12-7(5-10-14(15)21-6-20-10)13(18)11-8(16-12)3-2-4-9(11)17/h5H,2-4,6H2,1H3,(H,16,18). The summed E-state index contributed by atoms with van der Waals surface area (Å²) in [6, 6.07) is 1.61. The van der Waals surface area contributed by atoms with Gasteiger partial charge in [-0.05, 0) is 18.9 Å². The molecule has 0 bridgehead atoms. The summed E-state index contributed by atoms with van der Waals surface area (Å²) in [6.45, 7) is 0.0921. The maximum Gasteiger partial charge on any atom is 0.231 e. The number of ketones is 1. The number of carbonyl (C=O) groups is 1. The molecule has 21 heavy (non-hydrogen) atoms. The molecule has 0 radical (unpaired) electrons. The van der Waals surface area contributed by atoms with Crippen molar-refractivity contribution >= 4 is 16.7 Å². The van der Waals surface area contributed by atoms with Crippen LogP contribution in [0.4, 0.5) is 0 Å². The van der Waals surface area contributed by atoms with E-state index in [2.05, 4.69) is 4.98 Å². The number of H-pyrrole nitrogens is 1. The number of fused-ring (bicyclic) bond motifs is 3. The molecule has 0 saturated carbocycles. The maximum absolute atomic E-state index is 12.7. The largest absolute Gasteiger partial charge is 0.491 e. The van der Waals surface area contributed by atoms with Crippen LogP contribution in [0.2, 0.25) is 0 Å². The Hall–Kier alpha value is -2.50. The number of hydrogen-bond acceptors (Lipinski definition) is 5. The minimum atomic E-state index is -0.264. The van der Waals surface area contributed by atoms with Crippen LogP contribution in [-0.4, -0.2) is 24.7 Å². The number of Topliss-reactive ketones (excluding diaryl/α,β-unsaturated/α-hetero) is 1. The minimum absolute atomic E-state index is 0.0921. The van der Waals surface area contributed by atoms with Gasteiger partial charge in [0.05, 0.1) is 23.6 Å². The number of nitrogens with one attached hydrogen (secondary N) is 1. The Morgan fingerprint density at radius 1 is 1.24 bits per heavy atom. The average molecular weight is 287 g/mol. The molecule has 2 heterocycles. The van der Waals surface area contributed by atoms with Gasteiger partial charge in [0.1, 0.15) is 0 Å². The van der Waals surface area contributed by atoms with Crippen LogP contribution in [0.15, 0.2) is 10.9 Å². The molecule has 1 aromatic heterocycles. The molecule has 1 N–H and O–H groups in total. The highest BCUT2D eigenvalue weighted by Gasteiger charge is 2.28. The molecule has 0 spiro atoms. The van der Waals surface area contributed by atoms with Crippen molar-refractivity contribution in [3.8, 4) is 17.2 Å². The number of benzene rings is 1. The van der Waals surface area contributed by atoms with Crippen LogP contribution in [-0.2, 0) is 6.42 Å². The topological polar surface area (TPSA) is 77.6 Å². The summed E-state index contributed by atoms with van der Waals surface area (Å²) in [5.41, 5.74) is 1.25. The zero-order chi connectivity index (χ0) is 14.6. The van der Waals surface area contributed by atoms with Gasteiger partial charge in [-0.25, -0.2) is 0 Å². The second-order valence-electron chi connectivity index (χ2n) is 5.15. The lowest BCUT2D eigenvalue weighted by atomic mass is 9.93. The molecule has 1 aliphatic carbocycles. The van der Waals surface area contributed by atoms with Crippen molar-refractivity contribution in [2.45, 2.75) is 19.3 Å². The van der Waals surface area contributed by atoms with E-state index < -0.39 is 0 Å². The average Bonchev–Trinajstić information content (AvgIpc) is 2.93. The quantitative estimate of drug-likeness (QED) is 0.865. The summed E-state index contributed by atoms with van der Waals surface area (Å²) >= 11 is 0. The van der Waals surface area contributed by atoms with Gasteiger partial charge in [0.25, 0.3) is 0 Å². The molecular formula is C15H13NO5. The fourth-order valence-electron chi connectivity index (χ4n) is 3.03. The highest BCUT2D eigenvalue weighted by Crippen LogP contribution is 2.45. The zero-order valence-corrected chi connectivity index (χ0v) is 11.4. The van der Waals surface area contributed by atoms with Gasteiger partial charge < -0.3 is 19.2 Å². The minimum Gasteiger partial charge on any atom is -0.491 e. The van der Waals surface area contributed by atoms with Gasteiger partial charge in [-0.3, -0.25) is 9.59 Å². The molecular weight excluding hydrogens is 274 g/mol. The molecule has 6 nitrogen and oxygen atoms in total. The maximum atomic E-state index is 12.7. The molecule has 0 fully saturated rings. The van der Waals surface area contributed by atoms with Crippen LogP contribution in [0.5, 0.6) is 17.2 Å². The molecule has 0 amide bonds. The molecule has 4 rings (SSSR count). The van der Waals surface area contributed by atoms with Gasteiger partial charge in [0.15, 0.2) is 17.3 Å². The second-order valence-corrected chi connectivity index (χ2v) is 5.15. The Bertz CT molecular complexity index is 836. The van der Waals surface area contributed by atoms with Gasteiger partial charge in [0.2, 0.25) is 18.0 Å². The van der Waals surface area contributed by atoms with Gasteiger partial charge >= 0.3 is 0 Å². The van der Waals surface area contributed by atoms with Gasteiger partial charge in [0, 0.05) is 12.1 Å². The lowest BCUT2D eigenvalue weighted by Crippen LogP contribution is -2.23.